The Balaban J connectivity index is 1.94. The summed E-state index contributed by atoms with van der Waals surface area (Å²) in [5, 5.41) is 2.61. The Kier molecular flexibility index (Phi) is 5.68. The van der Waals surface area contributed by atoms with E-state index in [9.17, 15) is 13.6 Å². The van der Waals surface area contributed by atoms with Crippen LogP contribution in [0.15, 0.2) is 24.3 Å². The van der Waals surface area contributed by atoms with E-state index in [0.717, 1.165) is 0 Å². The average Bonchev–Trinajstić information content (AvgIpc) is 2.39. The van der Waals surface area contributed by atoms with Gasteiger partial charge in [-0.2, -0.15) is 8.78 Å². The number of nitrogens with one attached hydrogen (secondary N) is 1. The molecule has 1 amide bonds. The standard InChI is InChI=1S/C15H20F2N2O3/c1-10-7-19(8-11(2)21-10)9-14(20)18-12-5-3-4-6-13(12)22-15(16)17/h3-6,10-11,15H,7-9H2,1-2H3,(H,18,20). The molecule has 2 rings (SSSR count). The molecule has 5 nitrogen and oxygen atoms in total. The third-order valence-corrected chi connectivity index (χ3v) is 3.24. The second-order valence-corrected chi connectivity index (χ2v) is 5.37. The molecule has 122 valence electrons. The molecule has 0 bridgehead atoms. The maximum absolute atomic E-state index is 12.3. The number of nitrogens with zero attached hydrogens (tertiary/aromatic N) is 1. The van der Waals surface area contributed by atoms with Gasteiger partial charge in [-0.25, -0.2) is 0 Å². The van der Waals surface area contributed by atoms with Gasteiger partial charge in [0.2, 0.25) is 5.91 Å². The van der Waals surface area contributed by atoms with E-state index in [-0.39, 0.29) is 36.1 Å². The van der Waals surface area contributed by atoms with E-state index in [2.05, 4.69) is 10.1 Å². The van der Waals surface area contributed by atoms with Crippen molar-refractivity contribution < 1.29 is 23.0 Å². The van der Waals surface area contributed by atoms with Crippen molar-refractivity contribution in [2.75, 3.05) is 25.0 Å². The molecule has 1 aromatic carbocycles. The minimum Gasteiger partial charge on any atom is -0.433 e. The second-order valence-electron chi connectivity index (χ2n) is 5.37. The molecule has 2 unspecified atom stereocenters. The molecular formula is C15H20F2N2O3. The summed E-state index contributed by atoms with van der Waals surface area (Å²) in [5.41, 5.74) is 0.238. The van der Waals surface area contributed by atoms with E-state index >= 15 is 0 Å². The topological polar surface area (TPSA) is 50.8 Å². The number of ether oxygens (including phenoxy) is 2. The summed E-state index contributed by atoms with van der Waals surface area (Å²) in [5.74, 6) is -0.318. The summed E-state index contributed by atoms with van der Waals surface area (Å²) < 4.78 is 34.7. The molecule has 1 heterocycles. The Labute approximate surface area is 128 Å². The van der Waals surface area contributed by atoms with Crippen molar-refractivity contribution in [2.24, 2.45) is 0 Å². The highest BCUT2D eigenvalue weighted by molar-refractivity contribution is 5.93. The lowest BCUT2D eigenvalue weighted by molar-refractivity contribution is -0.121. The first-order valence-electron chi connectivity index (χ1n) is 7.15. The van der Waals surface area contributed by atoms with E-state index < -0.39 is 6.61 Å². The van der Waals surface area contributed by atoms with Gasteiger partial charge < -0.3 is 14.8 Å². The molecule has 0 spiro atoms. The smallest absolute Gasteiger partial charge is 0.387 e. The zero-order chi connectivity index (χ0) is 16.1. The van der Waals surface area contributed by atoms with Crippen LogP contribution < -0.4 is 10.1 Å². The number of hydrogen-bond donors (Lipinski definition) is 1. The zero-order valence-electron chi connectivity index (χ0n) is 12.6. The fraction of sp³-hybridized carbons (Fsp3) is 0.533. The normalized spacial score (nSPS) is 22.6. The van der Waals surface area contributed by atoms with Crippen molar-refractivity contribution in [1.82, 2.24) is 4.90 Å². The summed E-state index contributed by atoms with van der Waals surface area (Å²) in [6, 6.07) is 6.13. The van der Waals surface area contributed by atoms with Crippen LogP contribution in [0, 0.1) is 0 Å². The first-order valence-corrected chi connectivity index (χ1v) is 7.15. The molecule has 1 aliphatic heterocycles. The Morgan fingerprint density at radius 3 is 2.64 bits per heavy atom. The molecule has 2 atom stereocenters. The van der Waals surface area contributed by atoms with Crippen molar-refractivity contribution >= 4 is 11.6 Å². The van der Waals surface area contributed by atoms with Gasteiger partial charge in [0.05, 0.1) is 24.4 Å². The van der Waals surface area contributed by atoms with Gasteiger partial charge >= 0.3 is 6.61 Å². The van der Waals surface area contributed by atoms with Gasteiger partial charge in [0.25, 0.3) is 0 Å². The van der Waals surface area contributed by atoms with Gasteiger partial charge in [-0.1, -0.05) is 12.1 Å². The molecule has 0 aliphatic carbocycles. The Hall–Kier alpha value is -1.73. The summed E-state index contributed by atoms with van der Waals surface area (Å²) in [6.45, 7) is 2.47. The number of halogens is 2. The minimum absolute atomic E-state index is 0.0467. The lowest BCUT2D eigenvalue weighted by Crippen LogP contribution is -2.48. The highest BCUT2D eigenvalue weighted by atomic mass is 19.3. The molecule has 1 aliphatic rings. The molecule has 0 saturated carbocycles. The van der Waals surface area contributed by atoms with Crippen LogP contribution in [0.1, 0.15) is 13.8 Å². The number of anilines is 1. The van der Waals surface area contributed by atoms with E-state index in [1.165, 1.54) is 12.1 Å². The lowest BCUT2D eigenvalue weighted by Gasteiger charge is -2.34. The van der Waals surface area contributed by atoms with Gasteiger partial charge in [0.1, 0.15) is 5.75 Å². The second kappa shape index (κ2) is 7.51. The van der Waals surface area contributed by atoms with Crippen LogP contribution in [0.2, 0.25) is 0 Å². The first kappa shape index (κ1) is 16.6. The van der Waals surface area contributed by atoms with Crippen molar-refractivity contribution in [3.8, 4) is 5.75 Å². The van der Waals surface area contributed by atoms with Crippen molar-refractivity contribution in [1.29, 1.82) is 0 Å². The van der Waals surface area contributed by atoms with Gasteiger partial charge in [-0.15, -0.1) is 0 Å². The van der Waals surface area contributed by atoms with Crippen LogP contribution >= 0.6 is 0 Å². The van der Waals surface area contributed by atoms with Crippen LogP contribution in [0.25, 0.3) is 0 Å². The number of carbonyl (C=O) groups excluding carboxylic acids is 1. The molecule has 1 N–H and O–H groups in total. The Morgan fingerprint density at radius 1 is 1.36 bits per heavy atom. The average molecular weight is 314 g/mol. The van der Waals surface area contributed by atoms with Crippen LogP contribution in [0.3, 0.4) is 0 Å². The third-order valence-electron chi connectivity index (χ3n) is 3.24. The Bertz CT molecular complexity index is 503. The number of para-hydroxylation sites is 2. The third kappa shape index (κ3) is 4.92. The molecule has 7 heteroatoms. The molecule has 0 aromatic heterocycles. The number of carbonyl (C=O) groups is 1. The highest BCUT2D eigenvalue weighted by Crippen LogP contribution is 2.25. The van der Waals surface area contributed by atoms with Crippen molar-refractivity contribution in [2.45, 2.75) is 32.7 Å². The molecule has 1 fully saturated rings. The van der Waals surface area contributed by atoms with Crippen molar-refractivity contribution in [3.05, 3.63) is 24.3 Å². The number of benzene rings is 1. The fourth-order valence-electron chi connectivity index (χ4n) is 2.57. The maximum Gasteiger partial charge on any atom is 0.387 e. The zero-order valence-corrected chi connectivity index (χ0v) is 12.6. The molecule has 1 aromatic rings. The fourth-order valence-corrected chi connectivity index (χ4v) is 2.57. The number of amides is 1. The quantitative estimate of drug-likeness (QED) is 0.906. The number of rotatable bonds is 5. The van der Waals surface area contributed by atoms with Gasteiger partial charge in [-0.05, 0) is 26.0 Å². The van der Waals surface area contributed by atoms with Crippen LogP contribution in [-0.4, -0.2) is 49.3 Å². The van der Waals surface area contributed by atoms with Gasteiger partial charge in [0.15, 0.2) is 0 Å². The predicted molar refractivity (Wildman–Crippen MR) is 78.2 cm³/mol. The molecular weight excluding hydrogens is 294 g/mol. The Morgan fingerprint density at radius 2 is 2.00 bits per heavy atom. The summed E-state index contributed by atoms with van der Waals surface area (Å²) in [7, 11) is 0. The van der Waals surface area contributed by atoms with E-state index in [4.69, 9.17) is 4.74 Å². The minimum atomic E-state index is -2.93. The van der Waals surface area contributed by atoms with Gasteiger partial charge in [0, 0.05) is 13.1 Å². The van der Waals surface area contributed by atoms with Crippen LogP contribution in [-0.2, 0) is 9.53 Å². The lowest BCUT2D eigenvalue weighted by atomic mass is 10.2. The highest BCUT2D eigenvalue weighted by Gasteiger charge is 2.24. The van der Waals surface area contributed by atoms with E-state index in [1.54, 1.807) is 12.1 Å². The first-order chi connectivity index (χ1) is 10.4. The summed E-state index contributed by atoms with van der Waals surface area (Å²) in [4.78, 5) is 14.1. The number of alkyl halides is 2. The van der Waals surface area contributed by atoms with Crippen LogP contribution in [0.4, 0.5) is 14.5 Å². The molecule has 22 heavy (non-hydrogen) atoms. The maximum atomic E-state index is 12.3. The molecule has 1 saturated heterocycles. The number of hydrogen-bond acceptors (Lipinski definition) is 4. The summed E-state index contributed by atoms with van der Waals surface area (Å²) in [6.07, 6.45) is 0.122. The predicted octanol–water partition coefficient (Wildman–Crippen LogP) is 2.34. The van der Waals surface area contributed by atoms with Crippen molar-refractivity contribution in [3.63, 3.8) is 0 Å². The van der Waals surface area contributed by atoms with E-state index in [1.807, 2.05) is 18.7 Å². The largest absolute Gasteiger partial charge is 0.433 e. The summed E-state index contributed by atoms with van der Waals surface area (Å²) >= 11 is 0. The van der Waals surface area contributed by atoms with Gasteiger partial charge in [-0.3, -0.25) is 9.69 Å². The molecule has 0 radical (unpaired) electrons. The van der Waals surface area contributed by atoms with Crippen LogP contribution in [0.5, 0.6) is 5.75 Å². The monoisotopic (exact) mass is 314 g/mol. The number of morpholine rings is 1. The SMILES string of the molecule is CC1CN(CC(=O)Nc2ccccc2OC(F)F)CC(C)O1. The van der Waals surface area contributed by atoms with E-state index in [0.29, 0.717) is 13.1 Å².